The highest BCUT2D eigenvalue weighted by Crippen LogP contribution is 2.22. The molecule has 3 aromatic rings. The Hall–Kier alpha value is -1.89. The summed E-state index contributed by atoms with van der Waals surface area (Å²) >= 11 is 13.9. The summed E-state index contributed by atoms with van der Waals surface area (Å²) in [4.78, 5) is 17.8. The van der Waals surface area contributed by atoms with Gasteiger partial charge in [0.05, 0.1) is 35.3 Å². The quantitative estimate of drug-likeness (QED) is 0.735. The van der Waals surface area contributed by atoms with E-state index < -0.39 is 5.56 Å². The molecule has 0 saturated carbocycles. The molecule has 0 aliphatic rings. The molecule has 8 heteroatoms. The van der Waals surface area contributed by atoms with E-state index in [0.29, 0.717) is 22.9 Å². The molecule has 1 N–H and O–H groups in total. The fourth-order valence-corrected chi connectivity index (χ4v) is 3.21. The molecule has 0 spiro atoms. The van der Waals surface area contributed by atoms with E-state index in [1.807, 2.05) is 19.9 Å². The molecular weight excluding hydrogens is 367 g/mol. The van der Waals surface area contributed by atoms with Crippen LogP contribution in [0.5, 0.6) is 0 Å². The van der Waals surface area contributed by atoms with Crippen molar-refractivity contribution in [1.29, 1.82) is 0 Å². The van der Waals surface area contributed by atoms with Crippen LogP contribution in [0.3, 0.4) is 0 Å². The maximum atomic E-state index is 12.5. The molecule has 2 aromatic heterocycles. The van der Waals surface area contributed by atoms with E-state index in [1.165, 1.54) is 10.9 Å². The number of anilines is 1. The molecule has 124 valence electrons. The second-order valence-corrected chi connectivity index (χ2v) is 6.96. The van der Waals surface area contributed by atoms with Gasteiger partial charge in [0, 0.05) is 9.90 Å². The van der Waals surface area contributed by atoms with Gasteiger partial charge in [-0.2, -0.15) is 9.78 Å². The fraction of sp³-hybridized carbons (Fsp3) is 0.188. The molecule has 0 aliphatic carbocycles. The molecule has 0 aliphatic heterocycles. The van der Waals surface area contributed by atoms with Crippen LogP contribution < -0.4 is 10.9 Å². The van der Waals surface area contributed by atoms with Gasteiger partial charge in [0.2, 0.25) is 0 Å². The molecule has 0 unspecified atom stereocenters. The van der Waals surface area contributed by atoms with Crippen molar-refractivity contribution < 1.29 is 0 Å². The first-order valence-corrected chi connectivity index (χ1v) is 8.78. The number of thiazole rings is 1. The number of hydrogen-bond acceptors (Lipinski definition) is 5. The van der Waals surface area contributed by atoms with E-state index in [0.717, 1.165) is 16.1 Å². The Morgan fingerprint density at radius 2 is 2.08 bits per heavy atom. The molecule has 0 atom stereocenters. The van der Waals surface area contributed by atoms with Crippen LogP contribution in [0.25, 0.3) is 5.69 Å². The molecule has 0 radical (unpaired) electrons. The van der Waals surface area contributed by atoms with Gasteiger partial charge >= 0.3 is 0 Å². The third kappa shape index (κ3) is 3.31. The van der Waals surface area contributed by atoms with Crippen molar-refractivity contribution in [2.24, 2.45) is 0 Å². The van der Waals surface area contributed by atoms with Crippen molar-refractivity contribution in [2.75, 3.05) is 5.32 Å². The maximum Gasteiger partial charge on any atom is 0.292 e. The summed E-state index contributed by atoms with van der Waals surface area (Å²) in [6, 6.07) is 5.30. The van der Waals surface area contributed by atoms with Gasteiger partial charge in [-0.05, 0) is 31.5 Å². The number of halogens is 2. The smallest absolute Gasteiger partial charge is 0.292 e. The zero-order chi connectivity index (χ0) is 17.3. The minimum atomic E-state index is -0.400. The SMILES string of the molecule is Cc1ccc(-n2ncc(NCc3scnc3C)c(Cl)c2=O)cc1Cl. The average Bonchev–Trinajstić information content (AvgIpc) is 2.97. The van der Waals surface area contributed by atoms with Crippen LogP contribution in [0, 0.1) is 13.8 Å². The third-order valence-electron chi connectivity index (χ3n) is 3.60. The minimum absolute atomic E-state index is 0.0869. The summed E-state index contributed by atoms with van der Waals surface area (Å²) in [5.41, 5.74) is 4.33. The Balaban J connectivity index is 1.90. The van der Waals surface area contributed by atoms with Crippen molar-refractivity contribution in [3.8, 4) is 5.69 Å². The number of nitrogens with one attached hydrogen (secondary N) is 1. The van der Waals surface area contributed by atoms with Crippen LogP contribution in [0.15, 0.2) is 34.7 Å². The monoisotopic (exact) mass is 380 g/mol. The van der Waals surface area contributed by atoms with Gasteiger partial charge in [-0.3, -0.25) is 4.79 Å². The summed E-state index contributed by atoms with van der Waals surface area (Å²) in [5, 5.41) is 7.98. The van der Waals surface area contributed by atoms with Gasteiger partial charge in [-0.25, -0.2) is 4.98 Å². The van der Waals surface area contributed by atoms with E-state index in [-0.39, 0.29) is 5.02 Å². The van der Waals surface area contributed by atoms with E-state index in [2.05, 4.69) is 15.4 Å². The van der Waals surface area contributed by atoms with Gasteiger partial charge in [0.1, 0.15) is 5.02 Å². The molecule has 24 heavy (non-hydrogen) atoms. The predicted molar refractivity (Wildman–Crippen MR) is 98.8 cm³/mol. The minimum Gasteiger partial charge on any atom is -0.377 e. The van der Waals surface area contributed by atoms with Crippen LogP contribution in [0.2, 0.25) is 10.0 Å². The van der Waals surface area contributed by atoms with Crippen molar-refractivity contribution in [3.63, 3.8) is 0 Å². The van der Waals surface area contributed by atoms with E-state index >= 15 is 0 Å². The molecule has 5 nitrogen and oxygen atoms in total. The van der Waals surface area contributed by atoms with Crippen LogP contribution in [0.4, 0.5) is 5.69 Å². The third-order valence-corrected chi connectivity index (χ3v) is 5.31. The molecule has 0 amide bonds. The first-order valence-electron chi connectivity index (χ1n) is 7.14. The summed E-state index contributed by atoms with van der Waals surface area (Å²) in [6.07, 6.45) is 1.54. The number of benzene rings is 1. The van der Waals surface area contributed by atoms with E-state index in [1.54, 1.807) is 29.0 Å². The summed E-state index contributed by atoms with van der Waals surface area (Å²) in [7, 11) is 0. The van der Waals surface area contributed by atoms with Crippen molar-refractivity contribution in [3.05, 3.63) is 66.4 Å². The molecular formula is C16H14Cl2N4OS. The standard InChI is InChI=1S/C16H14Cl2N4OS/c1-9-3-4-11(5-12(9)17)22-16(23)15(18)13(6-21-22)19-7-14-10(2)20-8-24-14/h3-6,8,19H,7H2,1-2H3. The molecule has 2 heterocycles. The zero-order valence-corrected chi connectivity index (χ0v) is 15.3. The number of hydrogen-bond donors (Lipinski definition) is 1. The lowest BCUT2D eigenvalue weighted by molar-refractivity contribution is 0.807. The molecule has 0 saturated heterocycles. The van der Waals surface area contributed by atoms with Crippen molar-refractivity contribution >= 4 is 40.2 Å². The van der Waals surface area contributed by atoms with Crippen molar-refractivity contribution in [1.82, 2.24) is 14.8 Å². The lowest BCUT2D eigenvalue weighted by Gasteiger charge is -2.10. The number of nitrogens with zero attached hydrogens (tertiary/aromatic N) is 3. The van der Waals surface area contributed by atoms with Crippen molar-refractivity contribution in [2.45, 2.75) is 20.4 Å². The highest BCUT2D eigenvalue weighted by Gasteiger charge is 2.12. The Kier molecular flexibility index (Phi) is 4.89. The maximum absolute atomic E-state index is 12.5. The second kappa shape index (κ2) is 6.93. The lowest BCUT2D eigenvalue weighted by Crippen LogP contribution is -2.22. The highest BCUT2D eigenvalue weighted by molar-refractivity contribution is 7.09. The highest BCUT2D eigenvalue weighted by atomic mass is 35.5. The average molecular weight is 381 g/mol. The number of aryl methyl sites for hydroxylation is 2. The number of rotatable bonds is 4. The molecule has 3 rings (SSSR count). The molecule has 0 fully saturated rings. The molecule has 1 aromatic carbocycles. The van der Waals surface area contributed by atoms with E-state index in [9.17, 15) is 4.79 Å². The number of aromatic nitrogens is 3. The molecule has 0 bridgehead atoms. The summed E-state index contributed by atoms with van der Waals surface area (Å²) in [6.45, 7) is 4.37. The fourth-order valence-electron chi connectivity index (χ4n) is 2.12. The Labute approximate surface area is 152 Å². The first kappa shape index (κ1) is 17.0. The van der Waals surface area contributed by atoms with Gasteiger partial charge in [-0.1, -0.05) is 29.3 Å². The van der Waals surface area contributed by atoms with Gasteiger partial charge in [0.25, 0.3) is 5.56 Å². The lowest BCUT2D eigenvalue weighted by atomic mass is 10.2. The van der Waals surface area contributed by atoms with Crippen LogP contribution in [-0.4, -0.2) is 14.8 Å². The van der Waals surface area contributed by atoms with Gasteiger partial charge in [0.15, 0.2) is 0 Å². The van der Waals surface area contributed by atoms with E-state index in [4.69, 9.17) is 23.2 Å². The zero-order valence-electron chi connectivity index (χ0n) is 13.0. The normalized spacial score (nSPS) is 10.8. The Morgan fingerprint density at radius 3 is 2.75 bits per heavy atom. The Morgan fingerprint density at radius 1 is 1.29 bits per heavy atom. The predicted octanol–water partition coefficient (Wildman–Crippen LogP) is 4.22. The second-order valence-electron chi connectivity index (χ2n) is 5.24. The first-order chi connectivity index (χ1) is 11.5. The largest absolute Gasteiger partial charge is 0.377 e. The summed E-state index contributed by atoms with van der Waals surface area (Å²) < 4.78 is 1.23. The van der Waals surface area contributed by atoms with Crippen LogP contribution in [0.1, 0.15) is 16.1 Å². The Bertz CT molecular complexity index is 951. The van der Waals surface area contributed by atoms with Gasteiger partial charge in [-0.15, -0.1) is 11.3 Å². The summed E-state index contributed by atoms with van der Waals surface area (Å²) in [5.74, 6) is 0. The topological polar surface area (TPSA) is 59.8 Å². The van der Waals surface area contributed by atoms with Crippen LogP contribution >= 0.6 is 34.5 Å². The van der Waals surface area contributed by atoms with Gasteiger partial charge < -0.3 is 5.32 Å². The van der Waals surface area contributed by atoms with Crippen LogP contribution in [-0.2, 0) is 6.54 Å².